The van der Waals surface area contributed by atoms with Gasteiger partial charge in [-0.15, -0.1) is 13.2 Å². The van der Waals surface area contributed by atoms with Crippen LogP contribution >= 0.6 is 0 Å². The minimum absolute atomic E-state index is 0.0512. The summed E-state index contributed by atoms with van der Waals surface area (Å²) in [5, 5.41) is 11.3. The summed E-state index contributed by atoms with van der Waals surface area (Å²) in [6, 6.07) is 12.2. The third kappa shape index (κ3) is 5.52. The van der Waals surface area contributed by atoms with E-state index in [4.69, 9.17) is 10.00 Å². The van der Waals surface area contributed by atoms with Gasteiger partial charge in [0.25, 0.3) is 5.91 Å². The summed E-state index contributed by atoms with van der Waals surface area (Å²) in [5.74, 6) is -2.05. The second-order valence-corrected chi connectivity index (χ2v) is 4.85. The Bertz CT molecular complexity index is 842. The van der Waals surface area contributed by atoms with E-state index in [-0.39, 0.29) is 16.8 Å². The zero-order valence-corrected chi connectivity index (χ0v) is 13.0. The lowest BCUT2D eigenvalue weighted by atomic mass is 10.2. The van der Waals surface area contributed by atoms with Crippen LogP contribution in [0.1, 0.15) is 15.9 Å². The molecule has 0 aliphatic heterocycles. The predicted molar refractivity (Wildman–Crippen MR) is 83.2 cm³/mol. The zero-order valence-electron chi connectivity index (χ0n) is 13.0. The lowest BCUT2D eigenvalue weighted by Gasteiger charge is -2.10. The lowest BCUT2D eigenvalue weighted by Crippen LogP contribution is -2.21. The first-order valence-electron chi connectivity index (χ1n) is 7.10. The average Bonchev–Trinajstić information content (AvgIpc) is 2.59. The van der Waals surface area contributed by atoms with Crippen LogP contribution in [0.3, 0.4) is 0 Å². The molecule has 1 amide bonds. The number of nitrogens with one attached hydrogen (secondary N) is 1. The smallest absolute Gasteiger partial charge is 0.452 e. The Morgan fingerprint density at radius 2 is 1.73 bits per heavy atom. The Labute approximate surface area is 145 Å². The van der Waals surface area contributed by atoms with E-state index in [2.05, 4.69) is 10.1 Å². The van der Waals surface area contributed by atoms with Crippen LogP contribution in [0, 0.1) is 11.3 Å². The highest BCUT2D eigenvalue weighted by atomic mass is 19.4. The molecule has 2 aromatic carbocycles. The van der Waals surface area contributed by atoms with E-state index in [1.807, 2.05) is 6.07 Å². The number of nitriles is 1. The molecule has 0 bridgehead atoms. The average molecular weight is 364 g/mol. The van der Waals surface area contributed by atoms with Gasteiger partial charge in [0.05, 0.1) is 16.8 Å². The topological polar surface area (TPSA) is 88.4 Å². The first kappa shape index (κ1) is 18.8. The van der Waals surface area contributed by atoms with Gasteiger partial charge in [-0.1, -0.05) is 12.1 Å². The van der Waals surface area contributed by atoms with Crippen molar-refractivity contribution < 1.29 is 32.2 Å². The second kappa shape index (κ2) is 8.02. The van der Waals surface area contributed by atoms with Gasteiger partial charge < -0.3 is 14.8 Å². The molecule has 2 rings (SSSR count). The normalized spacial score (nSPS) is 10.5. The molecule has 2 aromatic rings. The van der Waals surface area contributed by atoms with Crippen molar-refractivity contribution in [1.82, 2.24) is 0 Å². The Morgan fingerprint density at radius 1 is 1.08 bits per heavy atom. The number of alkyl halides is 3. The van der Waals surface area contributed by atoms with E-state index in [0.717, 1.165) is 24.3 Å². The van der Waals surface area contributed by atoms with Gasteiger partial charge in [-0.3, -0.25) is 4.79 Å². The summed E-state index contributed by atoms with van der Waals surface area (Å²) in [6.45, 7) is -0.626. The molecular weight excluding hydrogens is 353 g/mol. The molecule has 0 unspecified atom stereocenters. The van der Waals surface area contributed by atoms with E-state index in [9.17, 15) is 22.8 Å². The van der Waals surface area contributed by atoms with Gasteiger partial charge in [-0.05, 0) is 36.4 Å². The Kier molecular flexibility index (Phi) is 5.80. The van der Waals surface area contributed by atoms with Crippen molar-refractivity contribution in [1.29, 1.82) is 5.26 Å². The third-order valence-electron chi connectivity index (χ3n) is 2.98. The van der Waals surface area contributed by atoms with Crippen LogP contribution in [-0.4, -0.2) is 24.8 Å². The molecule has 26 heavy (non-hydrogen) atoms. The number of rotatable bonds is 5. The molecule has 9 heteroatoms. The van der Waals surface area contributed by atoms with E-state index >= 15 is 0 Å². The maximum absolute atomic E-state index is 12.1. The Morgan fingerprint density at radius 3 is 2.35 bits per heavy atom. The molecule has 0 heterocycles. The first-order chi connectivity index (χ1) is 12.3. The van der Waals surface area contributed by atoms with Gasteiger partial charge in [0.1, 0.15) is 11.8 Å². The molecule has 0 spiro atoms. The fraction of sp³-hybridized carbons (Fsp3) is 0.118. The molecule has 0 aliphatic rings. The van der Waals surface area contributed by atoms with Crippen LogP contribution in [-0.2, 0) is 9.53 Å². The zero-order chi connectivity index (χ0) is 19.2. The van der Waals surface area contributed by atoms with E-state index in [1.165, 1.54) is 12.1 Å². The maximum Gasteiger partial charge on any atom is 0.573 e. The molecular formula is C17H11F3N2O4. The number of benzene rings is 2. The second-order valence-electron chi connectivity index (χ2n) is 4.85. The predicted octanol–water partition coefficient (Wildman–Crippen LogP) is 3.25. The number of esters is 1. The number of carbonyl (C=O) groups excluding carboxylic acids is 2. The number of ether oxygens (including phenoxy) is 2. The number of para-hydroxylation sites is 1. The van der Waals surface area contributed by atoms with Crippen molar-refractivity contribution in [2.45, 2.75) is 6.36 Å². The third-order valence-corrected chi connectivity index (χ3v) is 2.98. The first-order valence-corrected chi connectivity index (χ1v) is 7.10. The molecule has 0 fully saturated rings. The van der Waals surface area contributed by atoms with Gasteiger partial charge in [0.2, 0.25) is 0 Å². The molecule has 134 valence electrons. The van der Waals surface area contributed by atoms with Crippen molar-refractivity contribution in [3.8, 4) is 11.8 Å². The molecule has 0 aromatic heterocycles. The quantitative estimate of drug-likeness (QED) is 0.823. The van der Waals surface area contributed by atoms with E-state index < -0.39 is 30.6 Å². The van der Waals surface area contributed by atoms with Crippen LogP contribution in [0.2, 0.25) is 0 Å². The summed E-state index contributed by atoms with van der Waals surface area (Å²) < 4.78 is 44.7. The summed E-state index contributed by atoms with van der Waals surface area (Å²) in [7, 11) is 0. The van der Waals surface area contributed by atoms with Gasteiger partial charge in [0, 0.05) is 0 Å². The Hall–Kier alpha value is -3.54. The molecule has 0 aliphatic carbocycles. The highest BCUT2D eigenvalue weighted by Crippen LogP contribution is 2.23. The molecule has 6 nitrogen and oxygen atoms in total. The fourth-order valence-electron chi connectivity index (χ4n) is 1.88. The highest BCUT2D eigenvalue weighted by molar-refractivity contribution is 5.96. The number of anilines is 1. The largest absolute Gasteiger partial charge is 0.573 e. The number of hydrogen-bond donors (Lipinski definition) is 1. The molecule has 0 saturated heterocycles. The summed E-state index contributed by atoms with van der Waals surface area (Å²) in [5.41, 5.74) is 0.460. The van der Waals surface area contributed by atoms with Gasteiger partial charge in [-0.2, -0.15) is 5.26 Å². The monoisotopic (exact) mass is 364 g/mol. The van der Waals surface area contributed by atoms with Crippen LogP contribution in [0.25, 0.3) is 0 Å². The molecule has 0 saturated carbocycles. The minimum Gasteiger partial charge on any atom is -0.452 e. The van der Waals surface area contributed by atoms with Crippen LogP contribution < -0.4 is 10.1 Å². The van der Waals surface area contributed by atoms with Crippen LogP contribution in [0.4, 0.5) is 18.9 Å². The highest BCUT2D eigenvalue weighted by Gasteiger charge is 2.31. The maximum atomic E-state index is 12.1. The summed E-state index contributed by atoms with van der Waals surface area (Å²) in [6.07, 6.45) is -4.83. The number of halogens is 3. The van der Waals surface area contributed by atoms with Crippen molar-refractivity contribution >= 4 is 17.6 Å². The Balaban J connectivity index is 1.90. The molecule has 0 radical (unpaired) electrons. The standard InChI is InChI=1S/C17H11F3N2O4/c18-17(19,20)26-13-7-5-11(6-8-13)16(24)25-10-15(23)22-14-4-2-1-3-12(14)9-21/h1-8H,10H2,(H,22,23). The van der Waals surface area contributed by atoms with Gasteiger partial charge >= 0.3 is 12.3 Å². The summed E-state index contributed by atoms with van der Waals surface area (Å²) in [4.78, 5) is 23.6. The van der Waals surface area contributed by atoms with E-state index in [0.29, 0.717) is 0 Å². The number of nitrogens with zero attached hydrogens (tertiary/aromatic N) is 1. The van der Waals surface area contributed by atoms with Crippen molar-refractivity contribution in [2.75, 3.05) is 11.9 Å². The van der Waals surface area contributed by atoms with E-state index in [1.54, 1.807) is 12.1 Å². The molecule has 1 N–H and O–H groups in total. The van der Waals surface area contributed by atoms with Gasteiger partial charge in [0.15, 0.2) is 6.61 Å². The van der Waals surface area contributed by atoms with Crippen molar-refractivity contribution in [3.63, 3.8) is 0 Å². The van der Waals surface area contributed by atoms with Crippen molar-refractivity contribution in [3.05, 3.63) is 59.7 Å². The number of hydrogen-bond acceptors (Lipinski definition) is 5. The minimum atomic E-state index is -4.83. The van der Waals surface area contributed by atoms with Crippen molar-refractivity contribution in [2.24, 2.45) is 0 Å². The van der Waals surface area contributed by atoms with Crippen LogP contribution in [0.15, 0.2) is 48.5 Å². The SMILES string of the molecule is N#Cc1ccccc1NC(=O)COC(=O)c1ccc(OC(F)(F)F)cc1. The lowest BCUT2D eigenvalue weighted by molar-refractivity contribution is -0.274. The van der Waals surface area contributed by atoms with Crippen LogP contribution in [0.5, 0.6) is 5.75 Å². The fourth-order valence-corrected chi connectivity index (χ4v) is 1.88. The molecule has 0 atom stereocenters. The van der Waals surface area contributed by atoms with Gasteiger partial charge in [-0.25, -0.2) is 4.79 Å². The summed E-state index contributed by atoms with van der Waals surface area (Å²) >= 11 is 0. The number of carbonyl (C=O) groups is 2. The number of amides is 1.